The first-order valence-electron chi connectivity index (χ1n) is 14.7. The van der Waals surface area contributed by atoms with Crippen LogP contribution in [0, 0.1) is 6.92 Å². The number of anilines is 1. The molecule has 3 aromatic carbocycles. The number of rotatable bonds is 11. The predicted molar refractivity (Wildman–Crippen MR) is 165 cm³/mol. The Hall–Kier alpha value is -4.05. The zero-order chi connectivity index (χ0) is 30.4. The van der Waals surface area contributed by atoms with E-state index in [1.165, 1.54) is 4.90 Å². The molecule has 10 heteroatoms. The number of ether oxygens (including phenoxy) is 2. The van der Waals surface area contributed by atoms with E-state index in [0.29, 0.717) is 17.9 Å². The SMILES string of the molecule is Cc1ccc(CN(C(=O)CN(c2ccc3c(c2)OCO3)S(C)(=O)=O)C(Cc2ccccc2)C(=O)NC2CCCCC2)cc1. The minimum Gasteiger partial charge on any atom is -0.454 e. The van der Waals surface area contributed by atoms with Crippen molar-refractivity contribution < 1.29 is 27.5 Å². The van der Waals surface area contributed by atoms with Crippen LogP contribution in [0.2, 0.25) is 0 Å². The lowest BCUT2D eigenvalue weighted by atomic mass is 9.94. The molecule has 1 fully saturated rings. The fraction of sp³-hybridized carbons (Fsp3) is 0.394. The molecule has 1 saturated carbocycles. The van der Waals surface area contributed by atoms with Crippen LogP contribution in [-0.4, -0.2) is 56.8 Å². The predicted octanol–water partition coefficient (Wildman–Crippen LogP) is 4.58. The molecule has 1 heterocycles. The Morgan fingerprint density at radius 3 is 2.30 bits per heavy atom. The van der Waals surface area contributed by atoms with Crippen LogP contribution in [0.3, 0.4) is 0 Å². The first kappa shape index (κ1) is 30.4. The normalized spacial score (nSPS) is 15.5. The largest absolute Gasteiger partial charge is 0.454 e. The average molecular weight is 606 g/mol. The minimum absolute atomic E-state index is 0.0399. The van der Waals surface area contributed by atoms with E-state index in [0.717, 1.165) is 59.4 Å². The molecular weight excluding hydrogens is 566 g/mol. The molecule has 0 aromatic heterocycles. The fourth-order valence-electron chi connectivity index (χ4n) is 5.64. The van der Waals surface area contributed by atoms with Gasteiger partial charge < -0.3 is 19.7 Å². The van der Waals surface area contributed by atoms with E-state index in [9.17, 15) is 18.0 Å². The van der Waals surface area contributed by atoms with Crippen molar-refractivity contribution in [1.29, 1.82) is 0 Å². The smallest absolute Gasteiger partial charge is 0.244 e. The summed E-state index contributed by atoms with van der Waals surface area (Å²) in [5, 5.41) is 3.22. The van der Waals surface area contributed by atoms with E-state index in [-0.39, 0.29) is 31.0 Å². The number of sulfonamides is 1. The lowest BCUT2D eigenvalue weighted by molar-refractivity contribution is -0.140. The summed E-state index contributed by atoms with van der Waals surface area (Å²) < 4.78 is 38.0. The third-order valence-corrected chi connectivity index (χ3v) is 9.16. The molecule has 43 heavy (non-hydrogen) atoms. The molecule has 1 atom stereocenters. The van der Waals surface area contributed by atoms with E-state index >= 15 is 0 Å². The van der Waals surface area contributed by atoms with Gasteiger partial charge in [0.25, 0.3) is 0 Å². The molecule has 1 N–H and O–H groups in total. The summed E-state index contributed by atoms with van der Waals surface area (Å²) in [7, 11) is -3.88. The number of hydrogen-bond acceptors (Lipinski definition) is 6. The molecule has 0 radical (unpaired) electrons. The van der Waals surface area contributed by atoms with Crippen LogP contribution in [0.25, 0.3) is 0 Å². The molecule has 5 rings (SSSR count). The van der Waals surface area contributed by atoms with Crippen molar-refractivity contribution in [3.05, 3.63) is 89.5 Å². The second kappa shape index (κ2) is 13.5. The highest BCUT2D eigenvalue weighted by atomic mass is 32.2. The van der Waals surface area contributed by atoms with Crippen LogP contribution in [0.4, 0.5) is 5.69 Å². The first-order valence-corrected chi connectivity index (χ1v) is 16.6. The molecule has 1 aliphatic heterocycles. The average Bonchev–Trinajstić information content (AvgIpc) is 3.47. The summed E-state index contributed by atoms with van der Waals surface area (Å²) in [4.78, 5) is 29.8. The fourth-order valence-corrected chi connectivity index (χ4v) is 6.48. The summed E-state index contributed by atoms with van der Waals surface area (Å²) >= 11 is 0. The number of aryl methyl sites for hydroxylation is 1. The van der Waals surface area contributed by atoms with E-state index in [4.69, 9.17) is 9.47 Å². The summed E-state index contributed by atoms with van der Waals surface area (Å²) in [5.41, 5.74) is 3.10. The molecule has 9 nitrogen and oxygen atoms in total. The van der Waals surface area contributed by atoms with Gasteiger partial charge in [0.2, 0.25) is 28.6 Å². The van der Waals surface area contributed by atoms with Gasteiger partial charge >= 0.3 is 0 Å². The highest BCUT2D eigenvalue weighted by molar-refractivity contribution is 7.92. The lowest BCUT2D eigenvalue weighted by Gasteiger charge is -2.35. The third-order valence-electron chi connectivity index (χ3n) is 8.02. The highest BCUT2D eigenvalue weighted by Gasteiger charge is 2.34. The summed E-state index contributed by atoms with van der Waals surface area (Å²) in [6.07, 6.45) is 6.42. The van der Waals surface area contributed by atoms with E-state index in [1.54, 1.807) is 18.2 Å². The maximum atomic E-state index is 14.3. The maximum Gasteiger partial charge on any atom is 0.244 e. The number of carbonyl (C=O) groups excluding carboxylic acids is 2. The first-order chi connectivity index (χ1) is 20.7. The molecule has 1 unspecified atom stereocenters. The van der Waals surface area contributed by atoms with Gasteiger partial charge in [-0.1, -0.05) is 79.4 Å². The molecular formula is C33H39N3O6S. The zero-order valence-electron chi connectivity index (χ0n) is 24.7. The van der Waals surface area contributed by atoms with E-state index in [2.05, 4.69) is 5.32 Å². The molecule has 228 valence electrons. The van der Waals surface area contributed by atoms with Crippen molar-refractivity contribution in [2.24, 2.45) is 0 Å². The molecule has 3 aromatic rings. The van der Waals surface area contributed by atoms with Gasteiger partial charge in [-0.2, -0.15) is 0 Å². The van der Waals surface area contributed by atoms with Crippen LogP contribution in [0.15, 0.2) is 72.8 Å². The number of hydrogen-bond donors (Lipinski definition) is 1. The Morgan fingerprint density at radius 2 is 1.60 bits per heavy atom. The zero-order valence-corrected chi connectivity index (χ0v) is 25.5. The molecule has 1 aliphatic carbocycles. The van der Waals surface area contributed by atoms with Crippen LogP contribution >= 0.6 is 0 Å². The van der Waals surface area contributed by atoms with Crippen molar-refractivity contribution in [2.45, 2.75) is 64.1 Å². The summed E-state index contributed by atoms with van der Waals surface area (Å²) in [6, 6.07) is 21.3. The van der Waals surface area contributed by atoms with Gasteiger partial charge in [0.1, 0.15) is 12.6 Å². The Bertz CT molecular complexity index is 1520. The number of benzene rings is 3. The van der Waals surface area contributed by atoms with Gasteiger partial charge in [-0.05, 0) is 43.0 Å². The summed E-state index contributed by atoms with van der Waals surface area (Å²) in [6.45, 7) is 1.69. The van der Waals surface area contributed by atoms with Crippen molar-refractivity contribution in [3.63, 3.8) is 0 Å². The second-order valence-electron chi connectivity index (χ2n) is 11.4. The molecule has 0 spiro atoms. The maximum absolute atomic E-state index is 14.3. The van der Waals surface area contributed by atoms with Crippen molar-refractivity contribution in [1.82, 2.24) is 10.2 Å². The number of fused-ring (bicyclic) bond motifs is 1. The molecule has 2 aliphatic rings. The molecule has 2 amide bonds. The van der Waals surface area contributed by atoms with Gasteiger partial charge in [0.05, 0.1) is 11.9 Å². The highest BCUT2D eigenvalue weighted by Crippen LogP contribution is 2.36. The second-order valence-corrected chi connectivity index (χ2v) is 13.3. The Labute approximate surface area is 253 Å². The van der Waals surface area contributed by atoms with Gasteiger partial charge in [-0.3, -0.25) is 13.9 Å². The topological polar surface area (TPSA) is 105 Å². The number of nitrogens with one attached hydrogen (secondary N) is 1. The van der Waals surface area contributed by atoms with Gasteiger partial charge in [0.15, 0.2) is 11.5 Å². The number of carbonyl (C=O) groups is 2. The van der Waals surface area contributed by atoms with Crippen molar-refractivity contribution in [2.75, 3.05) is 23.9 Å². The lowest BCUT2D eigenvalue weighted by Crippen LogP contribution is -2.55. The van der Waals surface area contributed by atoms with Gasteiger partial charge in [-0.15, -0.1) is 0 Å². The Morgan fingerprint density at radius 1 is 0.907 bits per heavy atom. The van der Waals surface area contributed by atoms with Crippen molar-refractivity contribution in [3.8, 4) is 11.5 Å². The van der Waals surface area contributed by atoms with Crippen LogP contribution in [-0.2, 0) is 32.6 Å². The van der Waals surface area contributed by atoms with Crippen molar-refractivity contribution >= 4 is 27.5 Å². The van der Waals surface area contributed by atoms with Crippen LogP contribution in [0.5, 0.6) is 11.5 Å². The van der Waals surface area contributed by atoms with E-state index in [1.807, 2.05) is 61.5 Å². The Kier molecular flexibility index (Phi) is 9.55. The molecule has 0 saturated heterocycles. The van der Waals surface area contributed by atoms with E-state index < -0.39 is 28.5 Å². The van der Waals surface area contributed by atoms with Crippen LogP contribution in [0.1, 0.15) is 48.8 Å². The van der Waals surface area contributed by atoms with Crippen LogP contribution < -0.4 is 19.1 Å². The standard InChI is InChI=1S/C33H39N3O6S/c1-24-13-15-26(16-14-24)21-35(29(19-25-9-5-3-6-10-25)33(38)34-27-11-7-4-8-12-27)32(37)22-36(43(2,39)40)28-17-18-30-31(20-28)42-23-41-30/h3,5-6,9-10,13-18,20,27,29H,4,7-8,11-12,19,21-23H2,1-2H3,(H,34,38). The van der Waals surface area contributed by atoms with Gasteiger partial charge in [0, 0.05) is 25.1 Å². The number of amides is 2. The monoisotopic (exact) mass is 605 g/mol. The minimum atomic E-state index is -3.88. The number of nitrogens with zero attached hydrogens (tertiary/aromatic N) is 2. The quantitative estimate of drug-likeness (QED) is 0.343. The van der Waals surface area contributed by atoms with Gasteiger partial charge in [-0.25, -0.2) is 8.42 Å². The summed E-state index contributed by atoms with van der Waals surface area (Å²) in [5.74, 6) is 0.198. The third kappa shape index (κ3) is 7.87. The molecule has 0 bridgehead atoms. The Balaban J connectivity index is 1.49.